The molecule has 2 aromatic rings. The van der Waals surface area contributed by atoms with Crippen LogP contribution in [0.25, 0.3) is 0 Å². The van der Waals surface area contributed by atoms with Crippen LogP contribution in [0.15, 0.2) is 54.6 Å². The fourth-order valence-corrected chi connectivity index (χ4v) is 2.30. The van der Waals surface area contributed by atoms with Crippen LogP contribution in [0.5, 0.6) is 0 Å². The zero-order chi connectivity index (χ0) is 15.1. The van der Waals surface area contributed by atoms with Gasteiger partial charge in [0, 0.05) is 20.1 Å². The van der Waals surface area contributed by atoms with Crippen LogP contribution in [0.1, 0.15) is 16.7 Å². The summed E-state index contributed by atoms with van der Waals surface area (Å²) in [5.74, 6) is 0. The third-order valence-corrected chi connectivity index (χ3v) is 3.88. The van der Waals surface area contributed by atoms with Gasteiger partial charge in [0.1, 0.15) is 0 Å². The molecule has 0 saturated heterocycles. The number of thiocarbonyl (C=S) groups is 1. The molecule has 0 saturated carbocycles. The molecule has 0 aliphatic heterocycles. The Bertz CT molecular complexity index is 564. The molecule has 0 amide bonds. The normalized spacial score (nSPS) is 10.2. The fourth-order valence-electron chi connectivity index (χ4n) is 2.13. The van der Waals surface area contributed by atoms with Crippen molar-refractivity contribution >= 4 is 17.3 Å². The SMILES string of the molecule is Cc1ccc(CN(C)C(=S)NCCc2ccccc2)cc1. The molecule has 21 heavy (non-hydrogen) atoms. The van der Waals surface area contributed by atoms with Crippen LogP contribution in [0, 0.1) is 6.92 Å². The molecule has 0 bridgehead atoms. The van der Waals surface area contributed by atoms with Gasteiger partial charge in [-0.25, -0.2) is 0 Å². The molecule has 0 aromatic heterocycles. The van der Waals surface area contributed by atoms with Gasteiger partial charge in [0.2, 0.25) is 0 Å². The average Bonchev–Trinajstić information content (AvgIpc) is 2.50. The van der Waals surface area contributed by atoms with Crippen molar-refractivity contribution in [3.63, 3.8) is 0 Å². The van der Waals surface area contributed by atoms with Crippen molar-refractivity contribution in [3.05, 3.63) is 71.3 Å². The van der Waals surface area contributed by atoms with Crippen molar-refractivity contribution in [2.24, 2.45) is 0 Å². The number of rotatable bonds is 5. The minimum Gasteiger partial charge on any atom is -0.362 e. The van der Waals surface area contributed by atoms with Crippen LogP contribution < -0.4 is 5.32 Å². The summed E-state index contributed by atoms with van der Waals surface area (Å²) in [7, 11) is 2.03. The summed E-state index contributed by atoms with van der Waals surface area (Å²) in [6, 6.07) is 19.0. The number of nitrogens with one attached hydrogen (secondary N) is 1. The number of hydrogen-bond donors (Lipinski definition) is 1. The van der Waals surface area contributed by atoms with E-state index in [1.807, 2.05) is 13.1 Å². The molecule has 0 radical (unpaired) electrons. The molecular formula is C18H22N2S. The van der Waals surface area contributed by atoms with Crippen molar-refractivity contribution in [1.82, 2.24) is 10.2 Å². The monoisotopic (exact) mass is 298 g/mol. The molecule has 0 fully saturated rings. The van der Waals surface area contributed by atoms with E-state index in [4.69, 9.17) is 12.2 Å². The summed E-state index contributed by atoms with van der Waals surface area (Å²) in [4.78, 5) is 2.07. The maximum atomic E-state index is 5.43. The minimum atomic E-state index is 0.798. The second kappa shape index (κ2) is 7.79. The molecule has 110 valence electrons. The van der Waals surface area contributed by atoms with Crippen molar-refractivity contribution in [1.29, 1.82) is 0 Å². The molecule has 0 atom stereocenters. The lowest BCUT2D eigenvalue weighted by molar-refractivity contribution is 0.489. The Morgan fingerprint density at radius 3 is 2.33 bits per heavy atom. The molecule has 2 nitrogen and oxygen atoms in total. The van der Waals surface area contributed by atoms with Crippen LogP contribution in [-0.4, -0.2) is 23.6 Å². The third-order valence-electron chi connectivity index (χ3n) is 3.42. The van der Waals surface area contributed by atoms with Crippen LogP contribution in [0.4, 0.5) is 0 Å². The van der Waals surface area contributed by atoms with Crippen molar-refractivity contribution in [2.45, 2.75) is 19.9 Å². The van der Waals surface area contributed by atoms with E-state index in [0.717, 1.165) is 24.6 Å². The number of benzene rings is 2. The largest absolute Gasteiger partial charge is 0.362 e. The van der Waals surface area contributed by atoms with Gasteiger partial charge < -0.3 is 10.2 Å². The van der Waals surface area contributed by atoms with Gasteiger partial charge in [-0.05, 0) is 36.7 Å². The van der Waals surface area contributed by atoms with E-state index < -0.39 is 0 Å². The highest BCUT2D eigenvalue weighted by Gasteiger charge is 2.04. The Morgan fingerprint density at radius 1 is 1.00 bits per heavy atom. The highest BCUT2D eigenvalue weighted by atomic mass is 32.1. The molecule has 2 rings (SSSR count). The predicted molar refractivity (Wildman–Crippen MR) is 93.4 cm³/mol. The average molecular weight is 298 g/mol. The minimum absolute atomic E-state index is 0.798. The molecule has 0 aliphatic rings. The van der Waals surface area contributed by atoms with Gasteiger partial charge >= 0.3 is 0 Å². The summed E-state index contributed by atoms with van der Waals surface area (Å²) in [5.41, 5.74) is 3.88. The number of hydrogen-bond acceptors (Lipinski definition) is 1. The summed E-state index contributed by atoms with van der Waals surface area (Å²) in [6.45, 7) is 3.79. The fraction of sp³-hybridized carbons (Fsp3) is 0.278. The molecule has 1 N–H and O–H groups in total. The maximum absolute atomic E-state index is 5.43. The molecule has 3 heteroatoms. The zero-order valence-corrected chi connectivity index (χ0v) is 13.5. The smallest absolute Gasteiger partial charge is 0.168 e. The van der Waals surface area contributed by atoms with Crippen LogP contribution in [0.2, 0.25) is 0 Å². The number of nitrogens with zero attached hydrogens (tertiary/aromatic N) is 1. The first kappa shape index (κ1) is 15.5. The lowest BCUT2D eigenvalue weighted by atomic mass is 10.1. The molecular weight excluding hydrogens is 276 g/mol. The second-order valence-electron chi connectivity index (χ2n) is 5.31. The Kier molecular flexibility index (Phi) is 5.76. The van der Waals surface area contributed by atoms with Gasteiger partial charge in [-0.3, -0.25) is 0 Å². The lowest BCUT2D eigenvalue weighted by Gasteiger charge is -2.21. The van der Waals surface area contributed by atoms with E-state index >= 15 is 0 Å². The lowest BCUT2D eigenvalue weighted by Crippen LogP contribution is -2.37. The van der Waals surface area contributed by atoms with E-state index in [1.54, 1.807) is 0 Å². The van der Waals surface area contributed by atoms with Crippen LogP contribution >= 0.6 is 12.2 Å². The first-order valence-electron chi connectivity index (χ1n) is 7.23. The molecule has 0 heterocycles. The molecule has 0 unspecified atom stereocenters. The Labute approximate surface area is 132 Å². The number of aryl methyl sites for hydroxylation is 1. The van der Waals surface area contributed by atoms with E-state index in [0.29, 0.717) is 0 Å². The van der Waals surface area contributed by atoms with E-state index in [-0.39, 0.29) is 0 Å². The van der Waals surface area contributed by atoms with Crippen molar-refractivity contribution < 1.29 is 0 Å². The van der Waals surface area contributed by atoms with Crippen LogP contribution in [-0.2, 0) is 13.0 Å². The molecule has 0 spiro atoms. The Hall–Kier alpha value is -1.87. The van der Waals surface area contributed by atoms with Crippen molar-refractivity contribution in [3.8, 4) is 0 Å². The standard InChI is InChI=1S/C18H22N2S/c1-15-8-10-17(11-9-15)14-20(2)18(21)19-13-12-16-6-4-3-5-7-16/h3-11H,12-14H2,1-2H3,(H,19,21). The van der Waals surface area contributed by atoms with Crippen LogP contribution in [0.3, 0.4) is 0 Å². The zero-order valence-electron chi connectivity index (χ0n) is 12.7. The van der Waals surface area contributed by atoms with E-state index in [2.05, 4.69) is 65.7 Å². The first-order chi connectivity index (χ1) is 10.1. The van der Waals surface area contributed by atoms with E-state index in [1.165, 1.54) is 16.7 Å². The summed E-state index contributed by atoms with van der Waals surface area (Å²) in [5, 5.41) is 4.12. The summed E-state index contributed by atoms with van der Waals surface area (Å²) in [6.07, 6.45) is 0.985. The van der Waals surface area contributed by atoms with Gasteiger partial charge in [-0.1, -0.05) is 60.2 Å². The summed E-state index contributed by atoms with van der Waals surface area (Å²) >= 11 is 5.43. The highest BCUT2D eigenvalue weighted by molar-refractivity contribution is 7.80. The molecule has 2 aromatic carbocycles. The van der Waals surface area contributed by atoms with Crippen molar-refractivity contribution in [2.75, 3.05) is 13.6 Å². The summed E-state index contributed by atoms with van der Waals surface area (Å²) < 4.78 is 0. The third kappa shape index (κ3) is 5.20. The quantitative estimate of drug-likeness (QED) is 0.850. The van der Waals surface area contributed by atoms with Gasteiger partial charge in [-0.15, -0.1) is 0 Å². The Morgan fingerprint density at radius 2 is 1.67 bits per heavy atom. The topological polar surface area (TPSA) is 15.3 Å². The first-order valence-corrected chi connectivity index (χ1v) is 7.64. The van der Waals surface area contributed by atoms with Gasteiger partial charge in [0.05, 0.1) is 0 Å². The van der Waals surface area contributed by atoms with Gasteiger partial charge in [0.25, 0.3) is 0 Å². The van der Waals surface area contributed by atoms with Gasteiger partial charge in [0.15, 0.2) is 5.11 Å². The second-order valence-corrected chi connectivity index (χ2v) is 5.70. The highest BCUT2D eigenvalue weighted by Crippen LogP contribution is 2.06. The molecule has 0 aliphatic carbocycles. The van der Waals surface area contributed by atoms with Gasteiger partial charge in [-0.2, -0.15) is 0 Å². The predicted octanol–water partition coefficient (Wildman–Crippen LogP) is 3.54. The van der Waals surface area contributed by atoms with E-state index in [9.17, 15) is 0 Å². The maximum Gasteiger partial charge on any atom is 0.168 e. The Balaban J connectivity index is 1.76.